The van der Waals surface area contributed by atoms with E-state index < -0.39 is 0 Å². The number of methoxy groups -OCH3 is 1. The summed E-state index contributed by atoms with van der Waals surface area (Å²) < 4.78 is 5.30. The molecule has 2 heteroatoms. The smallest absolute Gasteiger partial charge is 0.0618 e. The summed E-state index contributed by atoms with van der Waals surface area (Å²) >= 11 is 0. The summed E-state index contributed by atoms with van der Waals surface area (Å²) in [6.07, 6.45) is 2.70. The van der Waals surface area contributed by atoms with Gasteiger partial charge in [0, 0.05) is 19.2 Å². The number of hydrogen-bond acceptors (Lipinski definition) is 2. The van der Waals surface area contributed by atoms with Crippen LogP contribution in [-0.2, 0) is 4.74 Å². The zero-order valence-electron chi connectivity index (χ0n) is 11.1. The standard InChI is InChI=1S/C15H23NO/c1-11-4-6-13(7-5-11)12(2)16-15(10-17-3)14-8-9-14/h4-7,12,14-16H,8-10H2,1-3H3. The summed E-state index contributed by atoms with van der Waals surface area (Å²) in [6.45, 7) is 5.18. The third-order valence-corrected chi connectivity index (χ3v) is 3.58. The number of rotatable bonds is 6. The van der Waals surface area contributed by atoms with Crippen LogP contribution in [0.4, 0.5) is 0 Å². The van der Waals surface area contributed by atoms with Crippen LogP contribution in [0.25, 0.3) is 0 Å². The second-order valence-corrected chi connectivity index (χ2v) is 5.20. The highest BCUT2D eigenvalue weighted by Crippen LogP contribution is 2.33. The van der Waals surface area contributed by atoms with E-state index in [2.05, 4.69) is 43.4 Å². The largest absolute Gasteiger partial charge is 0.383 e. The Hall–Kier alpha value is -0.860. The van der Waals surface area contributed by atoms with Crippen molar-refractivity contribution in [3.63, 3.8) is 0 Å². The van der Waals surface area contributed by atoms with E-state index in [0.29, 0.717) is 12.1 Å². The molecule has 2 nitrogen and oxygen atoms in total. The van der Waals surface area contributed by atoms with Crippen molar-refractivity contribution in [1.29, 1.82) is 0 Å². The van der Waals surface area contributed by atoms with Crippen LogP contribution in [0.5, 0.6) is 0 Å². The third-order valence-electron chi connectivity index (χ3n) is 3.58. The molecule has 1 aromatic carbocycles. The van der Waals surface area contributed by atoms with Crippen LogP contribution in [0.15, 0.2) is 24.3 Å². The van der Waals surface area contributed by atoms with Crippen LogP contribution in [-0.4, -0.2) is 19.8 Å². The predicted octanol–water partition coefficient (Wildman–Crippen LogP) is 3.07. The lowest BCUT2D eigenvalue weighted by molar-refractivity contribution is 0.152. The van der Waals surface area contributed by atoms with E-state index in [0.717, 1.165) is 12.5 Å². The van der Waals surface area contributed by atoms with Gasteiger partial charge in [-0.15, -0.1) is 0 Å². The van der Waals surface area contributed by atoms with Gasteiger partial charge in [-0.1, -0.05) is 29.8 Å². The van der Waals surface area contributed by atoms with Gasteiger partial charge in [-0.2, -0.15) is 0 Å². The molecule has 2 unspecified atom stereocenters. The van der Waals surface area contributed by atoms with E-state index in [1.165, 1.54) is 24.0 Å². The van der Waals surface area contributed by atoms with Crippen molar-refractivity contribution in [3.05, 3.63) is 35.4 Å². The first-order chi connectivity index (χ1) is 8.20. The normalized spacial score (nSPS) is 19.0. The maximum atomic E-state index is 5.30. The molecule has 0 spiro atoms. The van der Waals surface area contributed by atoms with Crippen LogP contribution >= 0.6 is 0 Å². The van der Waals surface area contributed by atoms with Crippen molar-refractivity contribution in [1.82, 2.24) is 5.32 Å². The Labute approximate surface area is 104 Å². The Morgan fingerprint density at radius 2 is 1.94 bits per heavy atom. The molecule has 94 valence electrons. The minimum Gasteiger partial charge on any atom is -0.383 e. The lowest BCUT2D eigenvalue weighted by Gasteiger charge is -2.23. The highest BCUT2D eigenvalue weighted by atomic mass is 16.5. The first-order valence-corrected chi connectivity index (χ1v) is 6.52. The average Bonchev–Trinajstić information content (AvgIpc) is 3.13. The zero-order chi connectivity index (χ0) is 12.3. The molecule has 0 amide bonds. The fourth-order valence-corrected chi connectivity index (χ4v) is 2.27. The molecule has 2 atom stereocenters. The van der Waals surface area contributed by atoms with Crippen molar-refractivity contribution in [2.45, 2.75) is 38.8 Å². The van der Waals surface area contributed by atoms with Crippen LogP contribution < -0.4 is 5.32 Å². The summed E-state index contributed by atoms with van der Waals surface area (Å²) in [5.74, 6) is 0.822. The van der Waals surface area contributed by atoms with Crippen molar-refractivity contribution in [2.24, 2.45) is 5.92 Å². The Kier molecular flexibility index (Phi) is 4.19. The zero-order valence-corrected chi connectivity index (χ0v) is 11.1. The Morgan fingerprint density at radius 1 is 1.29 bits per heavy atom. The van der Waals surface area contributed by atoms with Gasteiger partial charge in [0.2, 0.25) is 0 Å². The number of benzene rings is 1. The molecule has 0 heterocycles. The number of ether oxygens (including phenoxy) is 1. The average molecular weight is 233 g/mol. The summed E-state index contributed by atoms with van der Waals surface area (Å²) in [4.78, 5) is 0. The van der Waals surface area contributed by atoms with Crippen molar-refractivity contribution in [2.75, 3.05) is 13.7 Å². The molecule has 1 saturated carbocycles. The first-order valence-electron chi connectivity index (χ1n) is 6.52. The Bertz CT molecular complexity index is 342. The topological polar surface area (TPSA) is 21.3 Å². The molecule has 0 bridgehead atoms. The molecule has 1 fully saturated rings. The monoisotopic (exact) mass is 233 g/mol. The highest BCUT2D eigenvalue weighted by molar-refractivity contribution is 5.23. The lowest BCUT2D eigenvalue weighted by Crippen LogP contribution is -2.36. The van der Waals surface area contributed by atoms with Crippen molar-refractivity contribution >= 4 is 0 Å². The lowest BCUT2D eigenvalue weighted by atomic mass is 10.0. The van der Waals surface area contributed by atoms with Gasteiger partial charge < -0.3 is 10.1 Å². The number of hydrogen-bond donors (Lipinski definition) is 1. The second kappa shape index (κ2) is 5.65. The molecule has 1 aliphatic rings. The maximum Gasteiger partial charge on any atom is 0.0618 e. The summed E-state index contributed by atoms with van der Waals surface area (Å²) in [5.41, 5.74) is 2.67. The molecule has 17 heavy (non-hydrogen) atoms. The van der Waals surface area contributed by atoms with Gasteiger partial charge >= 0.3 is 0 Å². The summed E-state index contributed by atoms with van der Waals surface area (Å²) in [7, 11) is 1.79. The first kappa shape index (κ1) is 12.6. The second-order valence-electron chi connectivity index (χ2n) is 5.20. The molecule has 0 aliphatic heterocycles. The van der Waals surface area contributed by atoms with Crippen LogP contribution in [0.1, 0.15) is 36.9 Å². The van der Waals surface area contributed by atoms with Crippen molar-refractivity contribution in [3.8, 4) is 0 Å². The molecule has 1 aromatic rings. The predicted molar refractivity (Wildman–Crippen MR) is 71.1 cm³/mol. The highest BCUT2D eigenvalue weighted by Gasteiger charge is 2.31. The van der Waals surface area contributed by atoms with E-state index in [-0.39, 0.29) is 0 Å². The fraction of sp³-hybridized carbons (Fsp3) is 0.600. The van der Waals surface area contributed by atoms with Crippen LogP contribution in [0.3, 0.4) is 0 Å². The molecule has 0 radical (unpaired) electrons. The van der Waals surface area contributed by atoms with Gasteiger partial charge in [0.05, 0.1) is 6.61 Å². The maximum absolute atomic E-state index is 5.30. The van der Waals surface area contributed by atoms with Gasteiger partial charge in [-0.05, 0) is 38.2 Å². The van der Waals surface area contributed by atoms with Gasteiger partial charge in [-0.25, -0.2) is 0 Å². The van der Waals surface area contributed by atoms with Gasteiger partial charge in [0.15, 0.2) is 0 Å². The molecule has 2 rings (SSSR count). The summed E-state index contributed by atoms with van der Waals surface area (Å²) in [6, 6.07) is 9.69. The van der Waals surface area contributed by atoms with E-state index in [1.807, 2.05) is 0 Å². The van der Waals surface area contributed by atoms with Gasteiger partial charge in [0.1, 0.15) is 0 Å². The molecule has 0 saturated heterocycles. The van der Waals surface area contributed by atoms with Crippen molar-refractivity contribution < 1.29 is 4.74 Å². The molecule has 1 N–H and O–H groups in total. The van der Waals surface area contributed by atoms with Gasteiger partial charge in [0.25, 0.3) is 0 Å². The Balaban J connectivity index is 1.94. The van der Waals surface area contributed by atoms with Crippen LogP contribution in [0.2, 0.25) is 0 Å². The fourth-order valence-electron chi connectivity index (χ4n) is 2.27. The SMILES string of the molecule is COCC(NC(C)c1ccc(C)cc1)C1CC1. The molecule has 1 aliphatic carbocycles. The molecular formula is C15H23NO. The molecule has 0 aromatic heterocycles. The Morgan fingerprint density at radius 3 is 2.47 bits per heavy atom. The number of aryl methyl sites for hydroxylation is 1. The number of nitrogens with one attached hydrogen (secondary N) is 1. The van der Waals surface area contributed by atoms with E-state index in [9.17, 15) is 0 Å². The molecular weight excluding hydrogens is 210 g/mol. The minimum absolute atomic E-state index is 0.399. The van der Waals surface area contributed by atoms with E-state index >= 15 is 0 Å². The minimum atomic E-state index is 0.399. The van der Waals surface area contributed by atoms with E-state index in [1.54, 1.807) is 7.11 Å². The quantitative estimate of drug-likeness (QED) is 0.815. The van der Waals surface area contributed by atoms with Gasteiger partial charge in [-0.3, -0.25) is 0 Å². The van der Waals surface area contributed by atoms with E-state index in [4.69, 9.17) is 4.74 Å². The third kappa shape index (κ3) is 3.55. The summed E-state index contributed by atoms with van der Waals surface area (Å²) in [5, 5.41) is 3.69. The van der Waals surface area contributed by atoms with Crippen LogP contribution in [0, 0.1) is 12.8 Å².